The van der Waals surface area contributed by atoms with Gasteiger partial charge in [-0.25, -0.2) is 4.79 Å². The Morgan fingerprint density at radius 2 is 1.86 bits per heavy atom. The molecule has 0 aliphatic carbocycles. The zero-order chi connectivity index (χ0) is 16.0. The molecular formula is C17H16O5. The summed E-state index contributed by atoms with van der Waals surface area (Å²) in [5, 5.41) is 21.9. The number of carbonyl (C=O) groups excluding carboxylic acids is 1. The van der Waals surface area contributed by atoms with Gasteiger partial charge in [0.25, 0.3) is 0 Å². The fourth-order valence-electron chi connectivity index (χ4n) is 3.48. The molecular weight excluding hydrogens is 284 g/mol. The van der Waals surface area contributed by atoms with E-state index in [4.69, 9.17) is 9.47 Å². The molecule has 0 fully saturated rings. The van der Waals surface area contributed by atoms with Crippen LogP contribution in [0.5, 0.6) is 23.0 Å². The lowest BCUT2D eigenvalue weighted by atomic mass is 9.79. The minimum Gasteiger partial charge on any atom is -0.507 e. The van der Waals surface area contributed by atoms with Crippen molar-refractivity contribution in [3.8, 4) is 23.0 Å². The number of aromatic hydroxyl groups is 2. The molecule has 114 valence electrons. The molecule has 2 N–H and O–H groups in total. The molecule has 2 aliphatic heterocycles. The van der Waals surface area contributed by atoms with Crippen molar-refractivity contribution in [2.75, 3.05) is 0 Å². The number of carbonyl (C=O) groups is 1. The van der Waals surface area contributed by atoms with Crippen LogP contribution in [0, 0.1) is 6.92 Å². The Morgan fingerprint density at radius 1 is 1.18 bits per heavy atom. The van der Waals surface area contributed by atoms with Gasteiger partial charge in [-0.15, -0.1) is 0 Å². The molecule has 22 heavy (non-hydrogen) atoms. The van der Waals surface area contributed by atoms with Crippen LogP contribution in [0.1, 0.15) is 42.3 Å². The highest BCUT2D eigenvalue weighted by Crippen LogP contribution is 2.59. The van der Waals surface area contributed by atoms with Gasteiger partial charge in [-0.2, -0.15) is 0 Å². The molecule has 0 radical (unpaired) electrons. The summed E-state index contributed by atoms with van der Waals surface area (Å²) < 4.78 is 11.2. The highest BCUT2D eigenvalue weighted by Gasteiger charge is 2.46. The smallest absolute Gasteiger partial charge is 0.348 e. The Bertz CT molecular complexity index is 879. The van der Waals surface area contributed by atoms with Crippen molar-refractivity contribution in [3.05, 3.63) is 22.8 Å². The molecule has 2 aliphatic rings. The highest BCUT2D eigenvalue weighted by atomic mass is 16.5. The number of esters is 1. The Morgan fingerprint density at radius 3 is 2.55 bits per heavy atom. The molecule has 0 spiro atoms. The maximum Gasteiger partial charge on any atom is 0.348 e. The Balaban J connectivity index is 2.27. The topological polar surface area (TPSA) is 76.0 Å². The van der Waals surface area contributed by atoms with E-state index in [0.29, 0.717) is 16.7 Å². The molecule has 4 rings (SSSR count). The van der Waals surface area contributed by atoms with Crippen LogP contribution in [-0.2, 0) is 5.41 Å². The number of phenolic OH excluding ortho intramolecular Hbond substituents is 2. The molecule has 0 amide bonds. The maximum atomic E-state index is 12.1. The molecule has 2 aromatic rings. The number of benzene rings is 2. The van der Waals surface area contributed by atoms with Crippen LogP contribution in [0.15, 0.2) is 6.07 Å². The Hall–Kier alpha value is -2.43. The summed E-state index contributed by atoms with van der Waals surface area (Å²) in [4.78, 5) is 12.1. The molecule has 1 atom stereocenters. The van der Waals surface area contributed by atoms with Crippen LogP contribution in [0.25, 0.3) is 10.8 Å². The van der Waals surface area contributed by atoms with E-state index in [1.165, 1.54) is 6.07 Å². The van der Waals surface area contributed by atoms with Crippen molar-refractivity contribution in [2.45, 2.75) is 39.2 Å². The number of rotatable bonds is 0. The van der Waals surface area contributed by atoms with Gasteiger partial charge in [0.2, 0.25) is 0 Å². The van der Waals surface area contributed by atoms with Gasteiger partial charge >= 0.3 is 5.97 Å². The fraction of sp³-hybridized carbons (Fsp3) is 0.353. The minimum absolute atomic E-state index is 0.0750. The summed E-state index contributed by atoms with van der Waals surface area (Å²) >= 11 is 0. The second-order valence-corrected chi connectivity index (χ2v) is 6.59. The van der Waals surface area contributed by atoms with Crippen molar-refractivity contribution in [1.29, 1.82) is 0 Å². The SMILES string of the molecule is Cc1cc(O)c2c3c(c(O)c4c(c13)O[C@H](C)C4(C)C)OC2=O. The van der Waals surface area contributed by atoms with Crippen LogP contribution in [0.4, 0.5) is 0 Å². The first kappa shape index (κ1) is 13.2. The van der Waals surface area contributed by atoms with Crippen LogP contribution >= 0.6 is 0 Å². The number of hydrogen-bond donors (Lipinski definition) is 2. The number of aryl methyl sites for hydroxylation is 1. The van der Waals surface area contributed by atoms with Crippen molar-refractivity contribution in [1.82, 2.24) is 0 Å². The van der Waals surface area contributed by atoms with E-state index in [-0.39, 0.29) is 28.9 Å². The Labute approximate surface area is 127 Å². The van der Waals surface area contributed by atoms with Gasteiger partial charge in [-0.3, -0.25) is 0 Å². The Kier molecular flexibility index (Phi) is 2.20. The third-order valence-corrected chi connectivity index (χ3v) is 4.99. The normalized spacial score (nSPS) is 20.9. The van der Waals surface area contributed by atoms with Gasteiger partial charge in [0, 0.05) is 16.4 Å². The van der Waals surface area contributed by atoms with Gasteiger partial charge in [-0.1, -0.05) is 13.8 Å². The summed E-state index contributed by atoms with van der Waals surface area (Å²) in [7, 11) is 0. The summed E-state index contributed by atoms with van der Waals surface area (Å²) in [6.45, 7) is 7.74. The summed E-state index contributed by atoms with van der Waals surface area (Å²) in [5.41, 5.74) is 1.10. The molecule has 0 unspecified atom stereocenters. The average molecular weight is 300 g/mol. The summed E-state index contributed by atoms with van der Waals surface area (Å²) in [6.07, 6.45) is -0.126. The molecule has 2 aromatic carbocycles. The zero-order valence-corrected chi connectivity index (χ0v) is 12.8. The highest BCUT2D eigenvalue weighted by molar-refractivity contribution is 6.18. The van der Waals surface area contributed by atoms with E-state index in [2.05, 4.69) is 0 Å². The van der Waals surface area contributed by atoms with Gasteiger partial charge in [0.15, 0.2) is 11.5 Å². The van der Waals surface area contributed by atoms with Gasteiger partial charge in [0.1, 0.15) is 23.2 Å². The first-order chi connectivity index (χ1) is 10.2. The molecule has 5 heteroatoms. The lowest BCUT2D eigenvalue weighted by Crippen LogP contribution is -2.28. The predicted molar refractivity (Wildman–Crippen MR) is 80.1 cm³/mol. The lowest BCUT2D eigenvalue weighted by molar-refractivity contribution is 0.0747. The second kappa shape index (κ2) is 3.66. The second-order valence-electron chi connectivity index (χ2n) is 6.59. The van der Waals surface area contributed by atoms with E-state index in [9.17, 15) is 15.0 Å². The van der Waals surface area contributed by atoms with Crippen LogP contribution in [0.3, 0.4) is 0 Å². The molecule has 2 heterocycles. The predicted octanol–water partition coefficient (Wildman–Crippen LogP) is 3.15. The molecule has 0 saturated heterocycles. The third kappa shape index (κ3) is 1.27. The number of phenols is 2. The van der Waals surface area contributed by atoms with Crippen molar-refractivity contribution < 1.29 is 24.5 Å². The number of fused-ring (bicyclic) bond motifs is 2. The largest absolute Gasteiger partial charge is 0.507 e. The monoisotopic (exact) mass is 300 g/mol. The van der Waals surface area contributed by atoms with Gasteiger partial charge in [0.05, 0.1) is 5.39 Å². The van der Waals surface area contributed by atoms with E-state index < -0.39 is 11.4 Å². The van der Waals surface area contributed by atoms with Crippen LogP contribution in [0.2, 0.25) is 0 Å². The van der Waals surface area contributed by atoms with E-state index in [0.717, 1.165) is 10.9 Å². The molecule has 0 bridgehead atoms. The average Bonchev–Trinajstić information content (AvgIpc) is 2.86. The molecule has 0 aromatic heterocycles. The molecule has 5 nitrogen and oxygen atoms in total. The summed E-state index contributed by atoms with van der Waals surface area (Å²) in [5.74, 6) is -0.168. The standard InChI is InChI=1S/C17H16O5/c1-6-5-8(18)10-11-9(6)14-12(17(3,4)7(2)21-14)13(19)15(11)22-16(10)20/h5,7,18-19H,1-4H3/t7-/m1/s1. The van der Waals surface area contributed by atoms with Crippen molar-refractivity contribution in [3.63, 3.8) is 0 Å². The van der Waals surface area contributed by atoms with Gasteiger partial charge < -0.3 is 19.7 Å². The van der Waals surface area contributed by atoms with E-state index in [1.807, 2.05) is 27.7 Å². The van der Waals surface area contributed by atoms with Crippen molar-refractivity contribution in [2.24, 2.45) is 0 Å². The fourth-order valence-corrected chi connectivity index (χ4v) is 3.48. The maximum absolute atomic E-state index is 12.1. The van der Waals surface area contributed by atoms with E-state index >= 15 is 0 Å². The van der Waals surface area contributed by atoms with E-state index in [1.54, 1.807) is 0 Å². The lowest BCUT2D eigenvalue weighted by Gasteiger charge is -2.22. The third-order valence-electron chi connectivity index (χ3n) is 4.99. The van der Waals surface area contributed by atoms with Crippen LogP contribution < -0.4 is 9.47 Å². The van der Waals surface area contributed by atoms with Gasteiger partial charge in [-0.05, 0) is 25.5 Å². The quantitative estimate of drug-likeness (QED) is 0.577. The first-order valence-electron chi connectivity index (χ1n) is 7.19. The first-order valence-corrected chi connectivity index (χ1v) is 7.19. The molecule has 0 saturated carbocycles. The van der Waals surface area contributed by atoms with Crippen LogP contribution in [-0.4, -0.2) is 22.3 Å². The van der Waals surface area contributed by atoms with Crippen molar-refractivity contribution >= 4 is 16.7 Å². The number of hydrogen-bond acceptors (Lipinski definition) is 5. The number of ether oxygens (including phenoxy) is 2. The minimum atomic E-state index is -0.651. The summed E-state index contributed by atoms with van der Waals surface area (Å²) in [6, 6.07) is 1.53. The zero-order valence-electron chi connectivity index (χ0n) is 12.8.